The molecule has 2 unspecified atom stereocenters. The third-order valence-electron chi connectivity index (χ3n) is 6.15. The number of carbonyl (C=O) groups is 1. The molecule has 3 fully saturated rings. The first-order valence-corrected chi connectivity index (χ1v) is 9.52. The number of hydrogen-bond donors (Lipinski definition) is 2. The van der Waals surface area contributed by atoms with Gasteiger partial charge in [0.2, 0.25) is 0 Å². The van der Waals surface area contributed by atoms with Crippen molar-refractivity contribution in [1.29, 1.82) is 0 Å². The molecule has 138 valence electrons. The molecule has 0 aromatic heterocycles. The van der Waals surface area contributed by atoms with E-state index in [1.54, 1.807) is 0 Å². The Labute approximate surface area is 156 Å². The minimum absolute atomic E-state index is 0. The maximum absolute atomic E-state index is 12.6. The number of hydrogen-bond acceptors (Lipinski definition) is 3. The van der Waals surface area contributed by atoms with Gasteiger partial charge in [0.1, 0.15) is 5.75 Å². The van der Waals surface area contributed by atoms with Gasteiger partial charge in [0.25, 0.3) is 5.91 Å². The lowest BCUT2D eigenvalue weighted by atomic mass is 9.67. The van der Waals surface area contributed by atoms with Crippen LogP contribution in [0.25, 0.3) is 0 Å². The van der Waals surface area contributed by atoms with Gasteiger partial charge in [-0.05, 0) is 81.0 Å². The van der Waals surface area contributed by atoms with E-state index in [1.807, 2.05) is 24.3 Å². The molecule has 0 aliphatic heterocycles. The number of halogens is 1. The van der Waals surface area contributed by atoms with E-state index in [9.17, 15) is 4.79 Å². The topological polar surface area (TPSA) is 64.3 Å². The minimum atomic E-state index is 0. The summed E-state index contributed by atoms with van der Waals surface area (Å²) >= 11 is 0. The summed E-state index contributed by atoms with van der Waals surface area (Å²) in [4.78, 5) is 12.6. The number of amides is 1. The molecule has 3 N–H and O–H groups in total. The van der Waals surface area contributed by atoms with Crippen molar-refractivity contribution >= 4 is 18.3 Å². The summed E-state index contributed by atoms with van der Waals surface area (Å²) in [7, 11) is 0. The highest BCUT2D eigenvalue weighted by Gasteiger charge is 2.39. The van der Waals surface area contributed by atoms with Crippen molar-refractivity contribution in [3.05, 3.63) is 29.8 Å². The summed E-state index contributed by atoms with van der Waals surface area (Å²) in [5.41, 5.74) is 6.90. The van der Waals surface area contributed by atoms with Crippen molar-refractivity contribution in [3.8, 4) is 5.75 Å². The Balaban J connectivity index is 0.00000182. The van der Waals surface area contributed by atoms with E-state index in [4.69, 9.17) is 10.5 Å². The van der Waals surface area contributed by atoms with Gasteiger partial charge in [0, 0.05) is 17.6 Å². The Morgan fingerprint density at radius 3 is 2.16 bits per heavy atom. The Bertz CT molecular complexity index is 574. The number of benzene rings is 1. The minimum Gasteiger partial charge on any atom is -0.490 e. The fourth-order valence-corrected chi connectivity index (χ4v) is 4.63. The highest BCUT2D eigenvalue weighted by molar-refractivity contribution is 5.94. The van der Waals surface area contributed by atoms with E-state index in [0.717, 1.165) is 37.0 Å². The lowest BCUT2D eigenvalue weighted by molar-refractivity contribution is 0.0756. The molecule has 4 nitrogen and oxygen atoms in total. The molecule has 2 bridgehead atoms. The van der Waals surface area contributed by atoms with E-state index < -0.39 is 0 Å². The number of carbonyl (C=O) groups excluding carboxylic acids is 1. The van der Waals surface area contributed by atoms with Crippen LogP contribution in [0, 0.1) is 11.8 Å². The zero-order chi connectivity index (χ0) is 16.5. The van der Waals surface area contributed by atoms with Crippen LogP contribution >= 0.6 is 12.4 Å². The Morgan fingerprint density at radius 2 is 1.60 bits per heavy atom. The average molecular weight is 365 g/mol. The number of nitrogens with two attached hydrogens (primary N) is 1. The third kappa shape index (κ3) is 4.12. The molecule has 1 aromatic carbocycles. The predicted octanol–water partition coefficient (Wildman–Crippen LogP) is 3.68. The monoisotopic (exact) mass is 364 g/mol. The molecule has 4 rings (SSSR count). The fourth-order valence-electron chi connectivity index (χ4n) is 4.63. The third-order valence-corrected chi connectivity index (χ3v) is 6.15. The summed E-state index contributed by atoms with van der Waals surface area (Å²) in [5, 5.41) is 3.31. The van der Waals surface area contributed by atoms with Crippen LogP contribution in [0.4, 0.5) is 0 Å². The van der Waals surface area contributed by atoms with Crippen LogP contribution in [0.1, 0.15) is 61.7 Å². The van der Waals surface area contributed by atoms with Crippen molar-refractivity contribution in [2.24, 2.45) is 17.6 Å². The quantitative estimate of drug-likeness (QED) is 0.856. The SMILES string of the molecule is Cl.NC1CC2CCCC(C1)C2NC(=O)c1ccc(OC2CCC2)cc1. The van der Waals surface area contributed by atoms with Gasteiger partial charge in [-0.15, -0.1) is 12.4 Å². The second kappa shape index (κ2) is 7.96. The first-order chi connectivity index (χ1) is 11.7. The maximum Gasteiger partial charge on any atom is 0.251 e. The van der Waals surface area contributed by atoms with Crippen LogP contribution in [-0.2, 0) is 0 Å². The van der Waals surface area contributed by atoms with E-state index in [2.05, 4.69) is 5.32 Å². The first-order valence-electron chi connectivity index (χ1n) is 9.52. The van der Waals surface area contributed by atoms with Crippen LogP contribution in [0.5, 0.6) is 5.75 Å². The maximum atomic E-state index is 12.6. The standard InChI is InChI=1S/C20H28N2O2.ClH/c21-16-11-14-3-1-4-15(12-16)19(14)22-20(23)13-7-9-18(10-8-13)24-17-5-2-6-17;/h7-10,14-17,19H,1-6,11-12,21H2,(H,22,23);1H. The Morgan fingerprint density at radius 1 is 1.00 bits per heavy atom. The first kappa shape index (κ1) is 18.5. The Hall–Kier alpha value is -1.26. The van der Waals surface area contributed by atoms with Gasteiger partial charge in [-0.1, -0.05) is 6.42 Å². The number of nitrogens with one attached hydrogen (secondary N) is 1. The van der Waals surface area contributed by atoms with Crippen LogP contribution in [0.15, 0.2) is 24.3 Å². The zero-order valence-corrected chi connectivity index (χ0v) is 15.5. The van der Waals surface area contributed by atoms with E-state index in [1.165, 1.54) is 25.7 Å². The summed E-state index contributed by atoms with van der Waals surface area (Å²) < 4.78 is 5.86. The normalized spacial score (nSPS) is 31.4. The largest absolute Gasteiger partial charge is 0.490 e. The summed E-state index contributed by atoms with van der Waals surface area (Å²) in [6.45, 7) is 0. The lowest BCUT2D eigenvalue weighted by Gasteiger charge is -2.45. The number of rotatable bonds is 4. The summed E-state index contributed by atoms with van der Waals surface area (Å²) in [5.74, 6) is 2.02. The lowest BCUT2D eigenvalue weighted by Crippen LogP contribution is -2.53. The number of ether oxygens (including phenoxy) is 1. The molecule has 1 aromatic rings. The fraction of sp³-hybridized carbons (Fsp3) is 0.650. The molecule has 0 heterocycles. The van der Waals surface area contributed by atoms with Gasteiger partial charge in [-0.25, -0.2) is 0 Å². The molecule has 5 heteroatoms. The molecule has 0 spiro atoms. The van der Waals surface area contributed by atoms with Crippen molar-refractivity contribution in [2.75, 3.05) is 0 Å². The molecular formula is C20H29ClN2O2. The molecular weight excluding hydrogens is 336 g/mol. The molecule has 25 heavy (non-hydrogen) atoms. The van der Waals surface area contributed by atoms with Gasteiger partial charge in [-0.2, -0.15) is 0 Å². The van der Waals surface area contributed by atoms with Crippen molar-refractivity contribution in [2.45, 2.75) is 69.6 Å². The van der Waals surface area contributed by atoms with Gasteiger partial charge < -0.3 is 15.8 Å². The molecule has 3 saturated carbocycles. The smallest absolute Gasteiger partial charge is 0.251 e. The van der Waals surface area contributed by atoms with E-state index >= 15 is 0 Å². The van der Waals surface area contributed by atoms with Crippen LogP contribution in [0.3, 0.4) is 0 Å². The van der Waals surface area contributed by atoms with Gasteiger partial charge in [0.05, 0.1) is 6.10 Å². The second-order valence-corrected chi connectivity index (χ2v) is 7.88. The summed E-state index contributed by atoms with van der Waals surface area (Å²) in [6.07, 6.45) is 9.71. The van der Waals surface area contributed by atoms with Crippen molar-refractivity contribution < 1.29 is 9.53 Å². The second-order valence-electron chi connectivity index (χ2n) is 7.88. The van der Waals surface area contributed by atoms with E-state index in [0.29, 0.717) is 30.0 Å². The van der Waals surface area contributed by atoms with Crippen LogP contribution in [0.2, 0.25) is 0 Å². The highest BCUT2D eigenvalue weighted by Crippen LogP contribution is 2.39. The van der Waals surface area contributed by atoms with Gasteiger partial charge >= 0.3 is 0 Å². The van der Waals surface area contributed by atoms with Crippen LogP contribution < -0.4 is 15.8 Å². The van der Waals surface area contributed by atoms with Gasteiger partial charge in [-0.3, -0.25) is 4.79 Å². The molecule has 2 atom stereocenters. The molecule has 3 aliphatic carbocycles. The molecule has 0 saturated heterocycles. The molecule has 0 radical (unpaired) electrons. The summed E-state index contributed by atoms with van der Waals surface area (Å²) in [6, 6.07) is 8.23. The number of fused-ring (bicyclic) bond motifs is 2. The highest BCUT2D eigenvalue weighted by atomic mass is 35.5. The van der Waals surface area contributed by atoms with E-state index in [-0.39, 0.29) is 18.3 Å². The zero-order valence-electron chi connectivity index (χ0n) is 14.7. The van der Waals surface area contributed by atoms with Crippen LogP contribution in [-0.4, -0.2) is 24.1 Å². The predicted molar refractivity (Wildman–Crippen MR) is 101 cm³/mol. The molecule has 3 aliphatic rings. The Kier molecular flexibility index (Phi) is 5.90. The average Bonchev–Trinajstić information content (AvgIpc) is 2.52. The van der Waals surface area contributed by atoms with Gasteiger partial charge in [0.15, 0.2) is 0 Å². The van der Waals surface area contributed by atoms with Crippen molar-refractivity contribution in [3.63, 3.8) is 0 Å². The molecule has 1 amide bonds. The van der Waals surface area contributed by atoms with Crippen molar-refractivity contribution in [1.82, 2.24) is 5.32 Å².